The number of carbonyl (C=O) groups excluding carboxylic acids is 1. The summed E-state index contributed by atoms with van der Waals surface area (Å²) in [4.78, 5) is 11.5. The van der Waals surface area contributed by atoms with Crippen LogP contribution >= 0.6 is 22.6 Å². The van der Waals surface area contributed by atoms with Crippen LogP contribution in [0, 0.1) is 3.57 Å². The maximum atomic E-state index is 11.5. The first kappa shape index (κ1) is 11.8. The SMILES string of the molecule is O=C(Cn1cc(I)cn1)NC[C@H]1CCCO1. The molecule has 0 aliphatic carbocycles. The standard InChI is InChI=1S/C10H14IN3O2/c11-8-4-13-14(6-8)7-10(15)12-5-9-2-1-3-16-9/h4,6,9H,1-3,5,7H2,(H,12,15)/t9-/m1/s1. The van der Waals surface area contributed by atoms with Crippen molar-refractivity contribution < 1.29 is 9.53 Å². The normalized spacial score (nSPS) is 19.9. The Balaban J connectivity index is 1.71. The Bertz CT molecular complexity index is 361. The first-order valence-electron chi connectivity index (χ1n) is 5.30. The predicted molar refractivity (Wildman–Crippen MR) is 66.9 cm³/mol. The van der Waals surface area contributed by atoms with Crippen molar-refractivity contribution in [1.82, 2.24) is 15.1 Å². The molecule has 88 valence electrons. The fourth-order valence-electron chi connectivity index (χ4n) is 1.66. The number of nitrogens with one attached hydrogen (secondary N) is 1. The topological polar surface area (TPSA) is 56.2 Å². The average molecular weight is 335 g/mol. The Kier molecular flexibility index (Phi) is 4.16. The van der Waals surface area contributed by atoms with Crippen LogP contribution in [0.4, 0.5) is 0 Å². The summed E-state index contributed by atoms with van der Waals surface area (Å²) in [5, 5.41) is 6.91. The Morgan fingerprint density at radius 3 is 3.25 bits per heavy atom. The summed E-state index contributed by atoms with van der Waals surface area (Å²) in [6.07, 6.45) is 5.90. The van der Waals surface area contributed by atoms with Crippen LogP contribution in [-0.2, 0) is 16.1 Å². The lowest BCUT2D eigenvalue weighted by Crippen LogP contribution is -2.34. The van der Waals surface area contributed by atoms with Crippen LogP contribution in [0.15, 0.2) is 12.4 Å². The zero-order valence-corrected chi connectivity index (χ0v) is 11.0. The maximum absolute atomic E-state index is 11.5. The number of nitrogens with zero attached hydrogens (tertiary/aromatic N) is 2. The Morgan fingerprint density at radius 1 is 1.75 bits per heavy atom. The van der Waals surface area contributed by atoms with E-state index in [4.69, 9.17) is 4.74 Å². The van der Waals surface area contributed by atoms with E-state index in [1.165, 1.54) is 0 Å². The molecule has 0 radical (unpaired) electrons. The van der Waals surface area contributed by atoms with E-state index < -0.39 is 0 Å². The lowest BCUT2D eigenvalue weighted by molar-refractivity contribution is -0.122. The molecule has 1 fully saturated rings. The van der Waals surface area contributed by atoms with E-state index in [1.54, 1.807) is 10.9 Å². The number of halogens is 1. The number of aromatic nitrogens is 2. The van der Waals surface area contributed by atoms with Crippen LogP contribution in [0.3, 0.4) is 0 Å². The first-order valence-corrected chi connectivity index (χ1v) is 6.38. The molecular weight excluding hydrogens is 321 g/mol. The second-order valence-electron chi connectivity index (χ2n) is 3.80. The number of rotatable bonds is 4. The van der Waals surface area contributed by atoms with Gasteiger partial charge in [-0.05, 0) is 35.4 Å². The molecule has 1 aliphatic heterocycles. The molecule has 6 heteroatoms. The zero-order valence-electron chi connectivity index (χ0n) is 8.86. The van der Waals surface area contributed by atoms with Gasteiger partial charge in [-0.3, -0.25) is 9.48 Å². The molecule has 1 aromatic rings. The molecule has 1 amide bonds. The monoisotopic (exact) mass is 335 g/mol. The number of ether oxygens (including phenoxy) is 1. The number of carbonyl (C=O) groups is 1. The van der Waals surface area contributed by atoms with Gasteiger partial charge < -0.3 is 10.1 Å². The van der Waals surface area contributed by atoms with Crippen LogP contribution < -0.4 is 5.32 Å². The van der Waals surface area contributed by atoms with Gasteiger partial charge in [0.05, 0.1) is 15.9 Å². The molecule has 2 rings (SSSR count). The summed E-state index contributed by atoms with van der Waals surface area (Å²) >= 11 is 2.16. The van der Waals surface area contributed by atoms with Crippen LogP contribution in [0.5, 0.6) is 0 Å². The van der Waals surface area contributed by atoms with E-state index >= 15 is 0 Å². The van der Waals surface area contributed by atoms with Crippen molar-refractivity contribution in [3.63, 3.8) is 0 Å². The summed E-state index contributed by atoms with van der Waals surface area (Å²) in [6, 6.07) is 0. The van der Waals surface area contributed by atoms with Gasteiger partial charge >= 0.3 is 0 Å². The molecule has 5 nitrogen and oxygen atoms in total. The molecule has 0 unspecified atom stereocenters. The third-order valence-electron chi connectivity index (χ3n) is 2.46. The van der Waals surface area contributed by atoms with Crippen LogP contribution in [-0.4, -0.2) is 34.9 Å². The van der Waals surface area contributed by atoms with Crippen molar-refractivity contribution in [2.45, 2.75) is 25.5 Å². The van der Waals surface area contributed by atoms with E-state index in [1.807, 2.05) is 6.20 Å². The van der Waals surface area contributed by atoms with Gasteiger partial charge in [0.1, 0.15) is 6.54 Å². The van der Waals surface area contributed by atoms with Gasteiger partial charge in [0.15, 0.2) is 0 Å². The zero-order chi connectivity index (χ0) is 11.4. The molecule has 0 saturated carbocycles. The first-order chi connectivity index (χ1) is 7.74. The van der Waals surface area contributed by atoms with Gasteiger partial charge in [-0.2, -0.15) is 5.10 Å². The van der Waals surface area contributed by atoms with Gasteiger partial charge in [0.2, 0.25) is 5.91 Å². The molecule has 16 heavy (non-hydrogen) atoms. The summed E-state index contributed by atoms with van der Waals surface area (Å²) in [6.45, 7) is 1.70. The molecule has 0 spiro atoms. The minimum atomic E-state index is -0.0185. The second-order valence-corrected chi connectivity index (χ2v) is 5.04. The summed E-state index contributed by atoms with van der Waals surface area (Å²) in [5.74, 6) is -0.0185. The average Bonchev–Trinajstić information content (AvgIpc) is 2.87. The molecule has 1 atom stereocenters. The summed E-state index contributed by atoms with van der Waals surface area (Å²) in [5.41, 5.74) is 0. The van der Waals surface area contributed by atoms with Gasteiger partial charge in [-0.15, -0.1) is 0 Å². The maximum Gasteiger partial charge on any atom is 0.241 e. The minimum absolute atomic E-state index is 0.0185. The Labute approximate surface area is 108 Å². The van der Waals surface area contributed by atoms with Gasteiger partial charge in [0, 0.05) is 19.3 Å². The van der Waals surface area contributed by atoms with Crippen molar-refractivity contribution in [3.8, 4) is 0 Å². The van der Waals surface area contributed by atoms with Gasteiger partial charge in [-0.25, -0.2) is 0 Å². The van der Waals surface area contributed by atoms with E-state index in [2.05, 4.69) is 33.0 Å². The minimum Gasteiger partial charge on any atom is -0.376 e. The highest BCUT2D eigenvalue weighted by Crippen LogP contribution is 2.10. The highest BCUT2D eigenvalue weighted by molar-refractivity contribution is 14.1. The lowest BCUT2D eigenvalue weighted by atomic mass is 10.2. The Morgan fingerprint density at radius 2 is 2.62 bits per heavy atom. The summed E-state index contributed by atoms with van der Waals surface area (Å²) < 4.78 is 8.08. The third kappa shape index (κ3) is 3.44. The van der Waals surface area contributed by atoms with Crippen molar-refractivity contribution in [1.29, 1.82) is 0 Å². The molecule has 1 N–H and O–H groups in total. The fraction of sp³-hybridized carbons (Fsp3) is 0.600. The van der Waals surface area contributed by atoms with Crippen molar-refractivity contribution in [3.05, 3.63) is 16.0 Å². The van der Waals surface area contributed by atoms with Crippen molar-refractivity contribution in [2.75, 3.05) is 13.2 Å². The van der Waals surface area contributed by atoms with E-state index in [9.17, 15) is 4.79 Å². The van der Waals surface area contributed by atoms with Crippen molar-refractivity contribution in [2.24, 2.45) is 0 Å². The quantitative estimate of drug-likeness (QED) is 0.828. The highest BCUT2D eigenvalue weighted by Gasteiger charge is 2.16. The van der Waals surface area contributed by atoms with Crippen LogP contribution in [0.2, 0.25) is 0 Å². The number of hydrogen-bond acceptors (Lipinski definition) is 3. The molecule has 1 aromatic heterocycles. The van der Waals surface area contributed by atoms with E-state index in [-0.39, 0.29) is 18.6 Å². The molecule has 0 aromatic carbocycles. The number of amides is 1. The predicted octanol–water partition coefficient (Wildman–Crippen LogP) is 0.783. The molecule has 1 aliphatic rings. The molecule has 1 saturated heterocycles. The molecular formula is C10H14IN3O2. The van der Waals surface area contributed by atoms with Crippen molar-refractivity contribution >= 4 is 28.5 Å². The molecule has 2 heterocycles. The third-order valence-corrected chi connectivity index (χ3v) is 3.02. The highest BCUT2D eigenvalue weighted by atomic mass is 127. The lowest BCUT2D eigenvalue weighted by Gasteiger charge is -2.10. The second kappa shape index (κ2) is 5.62. The van der Waals surface area contributed by atoms with Gasteiger partial charge in [-0.1, -0.05) is 0 Å². The molecule has 0 bridgehead atoms. The van der Waals surface area contributed by atoms with Gasteiger partial charge in [0.25, 0.3) is 0 Å². The van der Waals surface area contributed by atoms with E-state index in [0.717, 1.165) is 23.0 Å². The summed E-state index contributed by atoms with van der Waals surface area (Å²) in [7, 11) is 0. The fourth-order valence-corrected chi connectivity index (χ4v) is 2.11. The van der Waals surface area contributed by atoms with Crippen LogP contribution in [0.25, 0.3) is 0 Å². The largest absolute Gasteiger partial charge is 0.376 e. The van der Waals surface area contributed by atoms with E-state index in [0.29, 0.717) is 6.54 Å². The Hall–Kier alpha value is -0.630. The smallest absolute Gasteiger partial charge is 0.241 e. The van der Waals surface area contributed by atoms with Crippen LogP contribution in [0.1, 0.15) is 12.8 Å². The number of hydrogen-bond donors (Lipinski definition) is 1.